The fourth-order valence-corrected chi connectivity index (χ4v) is 5.65. The van der Waals surface area contributed by atoms with E-state index in [2.05, 4.69) is 44.8 Å². The van der Waals surface area contributed by atoms with Crippen LogP contribution in [-0.2, 0) is 30.4 Å². The second-order valence-electron chi connectivity index (χ2n) is 13.1. The third-order valence-electron chi connectivity index (χ3n) is 8.33. The molecular weight excluding hydrogens is 697 g/mol. The van der Waals surface area contributed by atoms with E-state index in [0.29, 0.717) is 77.4 Å². The summed E-state index contributed by atoms with van der Waals surface area (Å²) in [5.74, 6) is -2.44. The van der Waals surface area contributed by atoms with Crippen molar-refractivity contribution in [2.45, 2.75) is 129 Å². The molecule has 0 saturated carbocycles. The number of nitrogens with zero attached hydrogens (tertiary/aromatic N) is 1. The predicted molar refractivity (Wildman–Crippen MR) is 196 cm³/mol. The first-order chi connectivity index (χ1) is 25.3. The first-order valence-electron chi connectivity index (χ1n) is 18.9. The number of carboxylic acids is 1. The lowest BCUT2D eigenvalue weighted by molar-refractivity contribution is -0.274. The highest BCUT2D eigenvalue weighted by Gasteiger charge is 2.31. The van der Waals surface area contributed by atoms with Gasteiger partial charge in [0, 0.05) is 25.9 Å². The van der Waals surface area contributed by atoms with Crippen molar-refractivity contribution in [1.29, 1.82) is 0 Å². The van der Waals surface area contributed by atoms with Gasteiger partial charge >= 0.3 is 12.3 Å². The molecule has 0 bridgehead atoms. The van der Waals surface area contributed by atoms with E-state index >= 15 is 0 Å². The van der Waals surface area contributed by atoms with Gasteiger partial charge in [0.05, 0.1) is 6.54 Å². The van der Waals surface area contributed by atoms with Crippen molar-refractivity contribution in [1.82, 2.24) is 26.2 Å². The molecule has 16 heteroatoms. The molecule has 0 aliphatic rings. The molecule has 0 aliphatic carbocycles. The van der Waals surface area contributed by atoms with Gasteiger partial charge in [-0.25, -0.2) is 4.79 Å². The van der Waals surface area contributed by atoms with Crippen LogP contribution in [0.1, 0.15) is 109 Å². The normalized spacial score (nSPS) is 12.5. The van der Waals surface area contributed by atoms with Crippen LogP contribution in [0.3, 0.4) is 0 Å². The average molecular weight is 759 g/mol. The molecule has 0 saturated heterocycles. The van der Waals surface area contributed by atoms with Gasteiger partial charge in [-0.2, -0.15) is 0 Å². The number of alkyl halides is 3. The fraction of sp³-hybridized carbons (Fsp3) is 0.703. The molecule has 4 amide bonds. The molecule has 302 valence electrons. The molecule has 0 radical (unpaired) electrons. The van der Waals surface area contributed by atoms with Gasteiger partial charge in [0.15, 0.2) is 0 Å². The highest BCUT2D eigenvalue weighted by molar-refractivity contribution is 5.88. The van der Waals surface area contributed by atoms with Crippen LogP contribution in [-0.4, -0.2) is 97.3 Å². The van der Waals surface area contributed by atoms with E-state index in [4.69, 9.17) is 5.73 Å². The number of aryl methyl sites for hydroxylation is 1. The molecule has 7 N–H and O–H groups in total. The third-order valence-corrected chi connectivity index (χ3v) is 8.33. The Hall–Kier alpha value is -3.92. The van der Waals surface area contributed by atoms with Crippen molar-refractivity contribution in [2.75, 3.05) is 39.3 Å². The molecule has 0 fully saturated rings. The van der Waals surface area contributed by atoms with Crippen LogP contribution in [0.2, 0.25) is 0 Å². The van der Waals surface area contributed by atoms with Gasteiger partial charge in [0.1, 0.15) is 17.8 Å². The van der Waals surface area contributed by atoms with Crippen LogP contribution >= 0.6 is 0 Å². The zero-order chi connectivity index (χ0) is 39.5. The first-order valence-corrected chi connectivity index (χ1v) is 18.9. The largest absolute Gasteiger partial charge is 0.573 e. The Morgan fingerprint density at radius 1 is 0.755 bits per heavy atom. The van der Waals surface area contributed by atoms with Gasteiger partial charge in [-0.05, 0) is 114 Å². The van der Waals surface area contributed by atoms with E-state index in [1.165, 1.54) is 24.3 Å². The van der Waals surface area contributed by atoms with Crippen LogP contribution in [0, 0.1) is 0 Å². The number of carbonyl (C=O) groups is 5. The number of carboxylic acid groups (broad SMARTS) is 1. The zero-order valence-corrected chi connectivity index (χ0v) is 31.4. The minimum Gasteiger partial charge on any atom is -0.480 e. The fourth-order valence-electron chi connectivity index (χ4n) is 5.65. The van der Waals surface area contributed by atoms with Crippen LogP contribution in [0.5, 0.6) is 5.75 Å². The molecular formula is C37H61F3N6O7. The smallest absolute Gasteiger partial charge is 0.480 e. The highest BCUT2D eigenvalue weighted by Crippen LogP contribution is 2.23. The molecule has 53 heavy (non-hydrogen) atoms. The molecule has 2 atom stereocenters. The van der Waals surface area contributed by atoms with E-state index in [9.17, 15) is 42.3 Å². The van der Waals surface area contributed by atoms with Gasteiger partial charge in [-0.3, -0.25) is 24.1 Å². The number of hydrogen-bond donors (Lipinski definition) is 6. The van der Waals surface area contributed by atoms with E-state index in [-0.39, 0.29) is 55.2 Å². The maximum absolute atomic E-state index is 12.9. The molecule has 13 nitrogen and oxygen atoms in total. The maximum Gasteiger partial charge on any atom is 0.573 e. The molecule has 1 rings (SSSR count). The number of hydrogen-bond acceptors (Lipinski definition) is 8. The van der Waals surface area contributed by atoms with Crippen LogP contribution in [0.15, 0.2) is 24.3 Å². The molecule has 2 unspecified atom stereocenters. The lowest BCUT2D eigenvalue weighted by Gasteiger charge is -2.23. The van der Waals surface area contributed by atoms with Crippen LogP contribution < -0.4 is 31.7 Å². The molecule has 0 aromatic heterocycles. The first kappa shape index (κ1) is 47.1. The SMILES string of the molecule is CCCN(CCC)CC(=O)NC(CCCCN)C(=O)NCCCCCC(=O)NC(CCCCNC(=O)CCCc1ccc(OC(F)(F)F)cc1)C(=O)O. The van der Waals surface area contributed by atoms with Gasteiger partial charge < -0.3 is 36.8 Å². The summed E-state index contributed by atoms with van der Waals surface area (Å²) in [7, 11) is 0. The summed E-state index contributed by atoms with van der Waals surface area (Å²) in [5, 5.41) is 20.7. The molecule has 1 aromatic rings. The molecule has 0 aliphatic heterocycles. The van der Waals surface area contributed by atoms with Crippen molar-refractivity contribution in [2.24, 2.45) is 5.73 Å². The Morgan fingerprint density at radius 3 is 1.96 bits per heavy atom. The maximum atomic E-state index is 12.9. The zero-order valence-electron chi connectivity index (χ0n) is 31.4. The Balaban J connectivity index is 2.28. The predicted octanol–water partition coefficient (Wildman–Crippen LogP) is 4.18. The van der Waals surface area contributed by atoms with Crippen molar-refractivity contribution in [3.63, 3.8) is 0 Å². The van der Waals surface area contributed by atoms with E-state index < -0.39 is 24.4 Å². The van der Waals surface area contributed by atoms with E-state index in [1.54, 1.807) is 0 Å². The standard InChI is InChI=1S/C37H61F3N6O7/c1-3-25-46(26-4-2)27-34(49)44-30(14-7-9-22-41)35(50)43-24-10-5-6-16-33(48)45-31(36(51)52)15-8-11-23-42-32(47)17-12-13-28-18-20-29(21-19-28)53-37(38,39)40/h18-21,30-31H,3-17,22-27,41H2,1-2H3,(H,42,47)(H,43,50)(H,44,49)(H,45,48)(H,51,52). The number of aliphatic carboxylic acids is 1. The van der Waals surface area contributed by atoms with Gasteiger partial charge in [-0.15, -0.1) is 13.2 Å². The summed E-state index contributed by atoms with van der Waals surface area (Å²) in [6.07, 6.45) is 3.40. The quantitative estimate of drug-likeness (QED) is 0.0625. The highest BCUT2D eigenvalue weighted by atomic mass is 19.4. The Morgan fingerprint density at radius 2 is 1.34 bits per heavy atom. The number of unbranched alkanes of at least 4 members (excludes halogenated alkanes) is 4. The van der Waals surface area contributed by atoms with Gasteiger partial charge in [-0.1, -0.05) is 32.4 Å². The van der Waals surface area contributed by atoms with Gasteiger partial charge in [0.25, 0.3) is 0 Å². The summed E-state index contributed by atoms with van der Waals surface area (Å²) in [6, 6.07) is 3.79. The number of nitrogens with one attached hydrogen (secondary N) is 4. The van der Waals surface area contributed by atoms with Crippen molar-refractivity contribution in [3.05, 3.63) is 29.8 Å². The second kappa shape index (κ2) is 27.7. The molecule has 0 spiro atoms. The average Bonchev–Trinajstić information content (AvgIpc) is 3.08. The summed E-state index contributed by atoms with van der Waals surface area (Å²) in [4.78, 5) is 63.9. The van der Waals surface area contributed by atoms with Crippen LogP contribution in [0.4, 0.5) is 13.2 Å². The Bertz CT molecular complexity index is 1210. The van der Waals surface area contributed by atoms with Crippen molar-refractivity contribution < 1.29 is 47.0 Å². The number of carbonyl (C=O) groups excluding carboxylic acids is 4. The number of ether oxygens (including phenoxy) is 1. The van der Waals surface area contributed by atoms with Crippen molar-refractivity contribution >= 4 is 29.6 Å². The number of nitrogens with two attached hydrogens (primary N) is 1. The topological polar surface area (TPSA) is 192 Å². The summed E-state index contributed by atoms with van der Waals surface area (Å²) >= 11 is 0. The minimum atomic E-state index is -4.75. The van der Waals surface area contributed by atoms with Crippen molar-refractivity contribution in [3.8, 4) is 5.75 Å². The van der Waals surface area contributed by atoms with E-state index in [1.807, 2.05) is 0 Å². The number of benzene rings is 1. The Labute approximate surface area is 311 Å². The lowest BCUT2D eigenvalue weighted by atomic mass is 10.1. The number of amides is 4. The number of halogens is 3. The summed E-state index contributed by atoms with van der Waals surface area (Å²) in [6.45, 7) is 7.21. The summed E-state index contributed by atoms with van der Waals surface area (Å²) in [5.41, 5.74) is 6.38. The number of rotatable bonds is 30. The molecule has 1 aromatic carbocycles. The van der Waals surface area contributed by atoms with Gasteiger partial charge in [0.2, 0.25) is 23.6 Å². The van der Waals surface area contributed by atoms with Crippen LogP contribution in [0.25, 0.3) is 0 Å². The monoisotopic (exact) mass is 758 g/mol. The third kappa shape index (κ3) is 24.1. The molecule has 0 heterocycles. The minimum absolute atomic E-state index is 0.142. The Kier molecular flexibility index (Phi) is 24.6. The summed E-state index contributed by atoms with van der Waals surface area (Å²) < 4.78 is 40.7. The lowest BCUT2D eigenvalue weighted by Crippen LogP contribution is -2.49. The van der Waals surface area contributed by atoms with E-state index in [0.717, 1.165) is 37.9 Å². The second-order valence-corrected chi connectivity index (χ2v) is 13.1.